The fourth-order valence-corrected chi connectivity index (χ4v) is 2.80. The van der Waals surface area contributed by atoms with E-state index in [0.29, 0.717) is 5.75 Å². The molecule has 1 aliphatic carbocycles. The van der Waals surface area contributed by atoms with E-state index in [0.717, 1.165) is 16.9 Å². The Labute approximate surface area is 80.8 Å². The van der Waals surface area contributed by atoms with Gasteiger partial charge in [-0.3, -0.25) is 0 Å². The third-order valence-electron chi connectivity index (χ3n) is 2.46. The third-order valence-corrected chi connectivity index (χ3v) is 3.34. The molecule has 0 saturated heterocycles. The number of thioether (sulfide) groups is 1. The molecule has 0 saturated carbocycles. The van der Waals surface area contributed by atoms with E-state index in [4.69, 9.17) is 0 Å². The molecule has 0 bridgehead atoms. The highest BCUT2D eigenvalue weighted by Gasteiger charge is 2.24. The van der Waals surface area contributed by atoms with Crippen molar-refractivity contribution in [1.29, 1.82) is 0 Å². The largest absolute Gasteiger partial charge is 0.507 e. The maximum atomic E-state index is 9.70. The number of phenols is 1. The van der Waals surface area contributed by atoms with Crippen LogP contribution in [0.15, 0.2) is 29.2 Å². The lowest BCUT2D eigenvalue weighted by molar-refractivity contribution is 0.473. The first-order valence-corrected chi connectivity index (χ1v) is 5.26. The number of phenolic OH excluding ortho intramolecular Hbond substituents is 1. The molecule has 64 valence electrons. The van der Waals surface area contributed by atoms with Crippen molar-refractivity contribution in [2.24, 2.45) is 0 Å². The lowest BCUT2D eigenvalue weighted by atomic mass is 10.0. The summed E-state index contributed by atoms with van der Waals surface area (Å²) in [6.07, 6.45) is 2.17. The number of rotatable bonds is 0. The minimum atomic E-state index is 0.400. The van der Waals surface area contributed by atoms with Crippen molar-refractivity contribution >= 4 is 23.4 Å². The SMILES string of the molecule is Oc1cccc2c1C1=CSCC1=C2. The highest BCUT2D eigenvalue weighted by molar-refractivity contribution is 8.02. The molecular weight excluding hydrogens is 180 g/mol. The summed E-state index contributed by atoms with van der Waals surface area (Å²) in [6.45, 7) is 0. The van der Waals surface area contributed by atoms with Crippen LogP contribution in [-0.4, -0.2) is 10.9 Å². The first-order valence-electron chi connectivity index (χ1n) is 4.21. The van der Waals surface area contributed by atoms with Crippen LogP contribution in [0.4, 0.5) is 0 Å². The molecule has 1 nitrogen and oxygen atoms in total. The lowest BCUT2D eigenvalue weighted by Crippen LogP contribution is -1.82. The van der Waals surface area contributed by atoms with Gasteiger partial charge in [0, 0.05) is 11.3 Å². The van der Waals surface area contributed by atoms with E-state index < -0.39 is 0 Å². The molecule has 3 rings (SSSR count). The predicted octanol–water partition coefficient (Wildman–Crippen LogP) is 2.88. The second-order valence-electron chi connectivity index (χ2n) is 3.25. The van der Waals surface area contributed by atoms with Gasteiger partial charge < -0.3 is 5.11 Å². The van der Waals surface area contributed by atoms with Crippen molar-refractivity contribution in [2.45, 2.75) is 0 Å². The van der Waals surface area contributed by atoms with Crippen molar-refractivity contribution in [1.82, 2.24) is 0 Å². The van der Waals surface area contributed by atoms with Gasteiger partial charge in [-0.25, -0.2) is 0 Å². The Morgan fingerprint density at radius 1 is 1.31 bits per heavy atom. The smallest absolute Gasteiger partial charge is 0.124 e. The van der Waals surface area contributed by atoms with Gasteiger partial charge in [-0.2, -0.15) is 0 Å². The summed E-state index contributed by atoms with van der Waals surface area (Å²) >= 11 is 1.80. The zero-order chi connectivity index (χ0) is 8.84. The van der Waals surface area contributed by atoms with Crippen LogP contribution >= 0.6 is 11.8 Å². The summed E-state index contributed by atoms with van der Waals surface area (Å²) < 4.78 is 0. The standard InChI is InChI=1S/C11H8OS/c12-10-3-1-2-7-4-8-5-13-6-9(8)11(7)10/h1-4,6,12H,5H2. The minimum absolute atomic E-state index is 0.400. The summed E-state index contributed by atoms with van der Waals surface area (Å²) in [6, 6.07) is 5.69. The molecule has 2 heteroatoms. The van der Waals surface area contributed by atoms with Gasteiger partial charge >= 0.3 is 0 Å². The molecule has 1 aliphatic heterocycles. The van der Waals surface area contributed by atoms with Gasteiger partial charge in [-0.1, -0.05) is 12.1 Å². The molecule has 0 spiro atoms. The van der Waals surface area contributed by atoms with E-state index in [2.05, 4.69) is 11.5 Å². The number of benzene rings is 1. The first-order chi connectivity index (χ1) is 6.36. The van der Waals surface area contributed by atoms with Gasteiger partial charge in [0.1, 0.15) is 5.75 Å². The van der Waals surface area contributed by atoms with E-state index in [9.17, 15) is 5.11 Å². The van der Waals surface area contributed by atoms with Crippen molar-refractivity contribution in [3.63, 3.8) is 0 Å². The van der Waals surface area contributed by atoms with Crippen molar-refractivity contribution in [3.05, 3.63) is 40.3 Å². The van der Waals surface area contributed by atoms with Crippen LogP contribution in [0.1, 0.15) is 11.1 Å². The molecule has 13 heavy (non-hydrogen) atoms. The van der Waals surface area contributed by atoms with Gasteiger partial charge in [-0.05, 0) is 34.3 Å². The Morgan fingerprint density at radius 2 is 2.23 bits per heavy atom. The van der Waals surface area contributed by atoms with Gasteiger partial charge in [0.15, 0.2) is 0 Å². The third kappa shape index (κ3) is 0.893. The number of allylic oxidation sites excluding steroid dienone is 1. The second kappa shape index (κ2) is 2.42. The van der Waals surface area contributed by atoms with E-state index in [1.54, 1.807) is 17.8 Å². The fourth-order valence-electron chi connectivity index (χ4n) is 1.87. The molecule has 1 aromatic carbocycles. The summed E-state index contributed by atoms with van der Waals surface area (Å²) in [5, 5.41) is 11.8. The molecule has 0 unspecified atom stereocenters. The summed E-state index contributed by atoms with van der Waals surface area (Å²) in [7, 11) is 0. The first kappa shape index (κ1) is 7.27. The van der Waals surface area contributed by atoms with E-state index >= 15 is 0 Å². The van der Waals surface area contributed by atoms with Crippen LogP contribution in [0, 0.1) is 0 Å². The van der Waals surface area contributed by atoms with E-state index in [1.807, 2.05) is 12.1 Å². The Balaban J connectivity index is 2.32. The van der Waals surface area contributed by atoms with Crippen LogP contribution in [0.3, 0.4) is 0 Å². The fraction of sp³-hybridized carbons (Fsp3) is 0.0909. The molecular formula is C11H8OS. The summed E-state index contributed by atoms with van der Waals surface area (Å²) in [5.41, 5.74) is 4.74. The second-order valence-corrected chi connectivity index (χ2v) is 4.11. The Morgan fingerprint density at radius 3 is 3.15 bits per heavy atom. The van der Waals surface area contributed by atoms with Crippen LogP contribution in [0.5, 0.6) is 5.75 Å². The van der Waals surface area contributed by atoms with Gasteiger partial charge in [0.05, 0.1) is 0 Å². The number of hydrogen-bond donors (Lipinski definition) is 1. The Hall–Kier alpha value is -1.15. The average Bonchev–Trinajstić information content (AvgIpc) is 2.62. The van der Waals surface area contributed by atoms with Crippen molar-refractivity contribution < 1.29 is 5.11 Å². The molecule has 1 N–H and O–H groups in total. The number of hydrogen-bond acceptors (Lipinski definition) is 2. The average molecular weight is 188 g/mol. The molecule has 2 aliphatic rings. The van der Waals surface area contributed by atoms with Crippen molar-refractivity contribution in [2.75, 3.05) is 5.75 Å². The molecule has 0 atom stereocenters. The minimum Gasteiger partial charge on any atom is -0.507 e. The summed E-state index contributed by atoms with van der Waals surface area (Å²) in [5.74, 6) is 1.45. The normalized spacial score (nSPS) is 17.8. The van der Waals surface area contributed by atoms with Gasteiger partial charge in [0.25, 0.3) is 0 Å². The molecule has 0 radical (unpaired) electrons. The lowest BCUT2D eigenvalue weighted by Gasteiger charge is -2.02. The molecule has 1 aromatic rings. The maximum absolute atomic E-state index is 9.70. The predicted molar refractivity (Wildman–Crippen MR) is 56.5 cm³/mol. The zero-order valence-corrected chi connectivity index (χ0v) is 7.77. The van der Waals surface area contributed by atoms with Crippen LogP contribution in [0.25, 0.3) is 11.6 Å². The van der Waals surface area contributed by atoms with Crippen LogP contribution < -0.4 is 0 Å². The van der Waals surface area contributed by atoms with E-state index in [-0.39, 0.29) is 0 Å². The highest BCUT2D eigenvalue weighted by Crippen LogP contribution is 2.46. The van der Waals surface area contributed by atoms with E-state index in [1.165, 1.54) is 11.1 Å². The quantitative estimate of drug-likeness (QED) is 0.675. The molecule has 1 heterocycles. The number of aromatic hydroxyl groups is 1. The molecule has 0 aromatic heterocycles. The van der Waals surface area contributed by atoms with Crippen molar-refractivity contribution in [3.8, 4) is 5.75 Å². The Bertz CT molecular complexity index is 443. The highest BCUT2D eigenvalue weighted by atomic mass is 32.2. The topological polar surface area (TPSA) is 20.2 Å². The van der Waals surface area contributed by atoms with Gasteiger partial charge in [0.2, 0.25) is 0 Å². The Kier molecular flexibility index (Phi) is 1.35. The molecule has 0 amide bonds. The van der Waals surface area contributed by atoms with Crippen LogP contribution in [0.2, 0.25) is 0 Å². The number of fused-ring (bicyclic) bond motifs is 3. The summed E-state index contributed by atoms with van der Waals surface area (Å²) in [4.78, 5) is 0. The molecule has 0 fully saturated rings. The zero-order valence-electron chi connectivity index (χ0n) is 6.95. The van der Waals surface area contributed by atoms with Crippen LogP contribution in [-0.2, 0) is 0 Å². The van der Waals surface area contributed by atoms with Gasteiger partial charge in [-0.15, -0.1) is 11.8 Å². The maximum Gasteiger partial charge on any atom is 0.124 e. The monoisotopic (exact) mass is 188 g/mol.